The van der Waals surface area contributed by atoms with Crippen molar-refractivity contribution in [2.75, 3.05) is 6.61 Å². The molecule has 6 nitrogen and oxygen atoms in total. The molecule has 1 fully saturated rings. The molecule has 0 atom stereocenters. The number of benzene rings is 2. The fourth-order valence-corrected chi connectivity index (χ4v) is 4.15. The average molecular weight is 448 g/mol. The monoisotopic (exact) mass is 447 g/mol. The van der Waals surface area contributed by atoms with Crippen molar-refractivity contribution in [2.45, 2.75) is 20.4 Å². The van der Waals surface area contributed by atoms with Gasteiger partial charge in [0.2, 0.25) is 0 Å². The maximum Gasteiger partial charge on any atom is 0.338 e. The molecule has 3 aromatic rings. The van der Waals surface area contributed by atoms with Gasteiger partial charge in [-0.1, -0.05) is 42.0 Å². The van der Waals surface area contributed by atoms with Gasteiger partial charge in [-0.25, -0.2) is 4.79 Å². The van der Waals surface area contributed by atoms with Crippen molar-refractivity contribution in [3.05, 3.63) is 88.0 Å². The fraction of sp³-hybridized carbons (Fsp3) is 0.160. The highest BCUT2D eigenvalue weighted by Crippen LogP contribution is 2.34. The molecule has 1 aliphatic rings. The van der Waals surface area contributed by atoms with Crippen LogP contribution in [0.4, 0.5) is 4.79 Å². The van der Waals surface area contributed by atoms with E-state index in [1.807, 2.05) is 31.2 Å². The Hall–Kier alpha value is -3.58. The molecule has 7 heteroatoms. The van der Waals surface area contributed by atoms with E-state index in [1.165, 1.54) is 4.90 Å². The number of imide groups is 1. The molecule has 4 rings (SSSR count). The SMILES string of the molecule is CCOC(=O)c1ccc(-c2ccc(/C=C3\SC(=O)N(Cc4cccc(C)c4)C3=O)o2)cc1. The van der Waals surface area contributed by atoms with Gasteiger partial charge in [-0.05, 0) is 55.4 Å². The Bertz CT molecular complexity index is 1210. The zero-order chi connectivity index (χ0) is 22.7. The molecule has 0 N–H and O–H groups in total. The molecule has 32 heavy (non-hydrogen) atoms. The molecule has 0 spiro atoms. The number of amides is 2. The number of rotatable bonds is 6. The number of ether oxygens (including phenoxy) is 1. The molecule has 2 heterocycles. The second-order valence-electron chi connectivity index (χ2n) is 7.26. The molecule has 2 aromatic carbocycles. The summed E-state index contributed by atoms with van der Waals surface area (Å²) in [5.41, 5.74) is 3.22. The van der Waals surface area contributed by atoms with Crippen LogP contribution in [-0.4, -0.2) is 28.6 Å². The lowest BCUT2D eigenvalue weighted by atomic mass is 10.1. The van der Waals surface area contributed by atoms with Crippen LogP contribution < -0.4 is 0 Å². The average Bonchev–Trinajstić information content (AvgIpc) is 3.34. The van der Waals surface area contributed by atoms with Crippen LogP contribution in [0.3, 0.4) is 0 Å². The standard InChI is InChI=1S/C25H21NO5S/c1-3-30-24(28)19-9-7-18(8-10-19)21-12-11-20(31-21)14-22-23(27)26(25(29)32-22)15-17-6-4-5-16(2)13-17/h4-14H,3,15H2,1-2H3/b22-14-. The van der Waals surface area contributed by atoms with Crippen molar-refractivity contribution in [3.8, 4) is 11.3 Å². The largest absolute Gasteiger partial charge is 0.462 e. The summed E-state index contributed by atoms with van der Waals surface area (Å²) in [7, 11) is 0. The molecule has 1 saturated heterocycles. The first-order valence-corrected chi connectivity index (χ1v) is 10.9. The molecular weight excluding hydrogens is 426 g/mol. The Morgan fingerprint density at radius 3 is 2.59 bits per heavy atom. The lowest BCUT2D eigenvalue weighted by Crippen LogP contribution is -2.27. The minimum atomic E-state index is -0.374. The van der Waals surface area contributed by atoms with Crippen molar-refractivity contribution < 1.29 is 23.5 Å². The third kappa shape index (κ3) is 4.68. The Morgan fingerprint density at radius 1 is 1.09 bits per heavy atom. The van der Waals surface area contributed by atoms with E-state index in [1.54, 1.807) is 49.4 Å². The van der Waals surface area contributed by atoms with Gasteiger partial charge in [0.25, 0.3) is 11.1 Å². The predicted molar refractivity (Wildman–Crippen MR) is 123 cm³/mol. The van der Waals surface area contributed by atoms with E-state index < -0.39 is 0 Å². The normalized spacial score (nSPS) is 14.9. The van der Waals surface area contributed by atoms with Gasteiger partial charge in [0, 0.05) is 11.6 Å². The van der Waals surface area contributed by atoms with Gasteiger partial charge in [0.05, 0.1) is 23.6 Å². The van der Waals surface area contributed by atoms with E-state index in [2.05, 4.69) is 0 Å². The summed E-state index contributed by atoms with van der Waals surface area (Å²) in [4.78, 5) is 38.5. The summed E-state index contributed by atoms with van der Waals surface area (Å²) >= 11 is 0.902. The quantitative estimate of drug-likeness (QED) is 0.358. The van der Waals surface area contributed by atoms with E-state index >= 15 is 0 Å². The molecule has 1 aromatic heterocycles. The number of aryl methyl sites for hydroxylation is 1. The second kappa shape index (κ2) is 9.28. The Labute approximate surface area is 189 Å². The van der Waals surface area contributed by atoms with Crippen LogP contribution >= 0.6 is 11.8 Å². The van der Waals surface area contributed by atoms with Crippen molar-refractivity contribution in [1.29, 1.82) is 0 Å². The summed E-state index contributed by atoms with van der Waals surface area (Å²) < 4.78 is 10.8. The third-order valence-corrected chi connectivity index (χ3v) is 5.78. The van der Waals surface area contributed by atoms with Gasteiger partial charge in [-0.15, -0.1) is 0 Å². The lowest BCUT2D eigenvalue weighted by Gasteiger charge is -2.12. The zero-order valence-corrected chi connectivity index (χ0v) is 18.5. The van der Waals surface area contributed by atoms with E-state index in [9.17, 15) is 14.4 Å². The minimum Gasteiger partial charge on any atom is -0.462 e. The predicted octanol–water partition coefficient (Wildman–Crippen LogP) is 5.67. The van der Waals surface area contributed by atoms with Crippen LogP contribution in [-0.2, 0) is 16.1 Å². The number of esters is 1. The highest BCUT2D eigenvalue weighted by Gasteiger charge is 2.35. The summed E-state index contributed by atoms with van der Waals surface area (Å²) in [6, 6.07) is 18.1. The molecule has 0 saturated carbocycles. The van der Waals surface area contributed by atoms with Gasteiger partial charge in [0.15, 0.2) is 0 Å². The smallest absolute Gasteiger partial charge is 0.338 e. The zero-order valence-electron chi connectivity index (χ0n) is 17.7. The third-order valence-electron chi connectivity index (χ3n) is 4.88. The van der Waals surface area contributed by atoms with E-state index in [4.69, 9.17) is 9.15 Å². The number of carbonyl (C=O) groups excluding carboxylic acids is 3. The van der Waals surface area contributed by atoms with Crippen molar-refractivity contribution in [3.63, 3.8) is 0 Å². The Balaban J connectivity index is 1.48. The Kier molecular flexibility index (Phi) is 6.28. The second-order valence-corrected chi connectivity index (χ2v) is 8.25. The first-order chi connectivity index (χ1) is 15.4. The van der Waals surface area contributed by atoms with Gasteiger partial charge in [-0.2, -0.15) is 0 Å². The van der Waals surface area contributed by atoms with Gasteiger partial charge < -0.3 is 9.15 Å². The van der Waals surface area contributed by atoms with E-state index in [0.29, 0.717) is 28.6 Å². The van der Waals surface area contributed by atoms with Crippen LogP contribution in [0.15, 0.2) is 70.0 Å². The van der Waals surface area contributed by atoms with Gasteiger partial charge >= 0.3 is 5.97 Å². The number of thioether (sulfide) groups is 1. The highest BCUT2D eigenvalue weighted by molar-refractivity contribution is 8.18. The minimum absolute atomic E-state index is 0.236. The first-order valence-electron chi connectivity index (χ1n) is 10.1. The van der Waals surface area contributed by atoms with Gasteiger partial charge in [0.1, 0.15) is 11.5 Å². The van der Waals surface area contributed by atoms with Crippen molar-refractivity contribution in [1.82, 2.24) is 4.90 Å². The summed E-state index contributed by atoms with van der Waals surface area (Å²) in [5.74, 6) is 0.347. The molecule has 0 aliphatic carbocycles. The molecule has 0 bridgehead atoms. The highest BCUT2D eigenvalue weighted by atomic mass is 32.2. The maximum atomic E-state index is 12.8. The maximum absolute atomic E-state index is 12.8. The van der Waals surface area contributed by atoms with Gasteiger partial charge in [-0.3, -0.25) is 14.5 Å². The van der Waals surface area contributed by atoms with Crippen LogP contribution in [0.5, 0.6) is 0 Å². The van der Waals surface area contributed by atoms with E-state index in [0.717, 1.165) is 28.5 Å². The molecule has 0 unspecified atom stereocenters. The van der Waals surface area contributed by atoms with Crippen molar-refractivity contribution >= 4 is 35.0 Å². The summed E-state index contributed by atoms with van der Waals surface area (Å²) in [5, 5.41) is -0.302. The van der Waals surface area contributed by atoms with Crippen LogP contribution in [0, 0.1) is 6.92 Å². The molecule has 162 valence electrons. The molecule has 2 amide bonds. The summed E-state index contributed by atoms with van der Waals surface area (Å²) in [6.07, 6.45) is 1.58. The fourth-order valence-electron chi connectivity index (χ4n) is 3.33. The number of furan rings is 1. The van der Waals surface area contributed by atoms with Crippen LogP contribution in [0.25, 0.3) is 17.4 Å². The number of nitrogens with zero attached hydrogens (tertiary/aromatic N) is 1. The molecular formula is C25H21NO5S. The van der Waals surface area contributed by atoms with Crippen LogP contribution in [0.1, 0.15) is 34.2 Å². The number of hydrogen-bond donors (Lipinski definition) is 0. The van der Waals surface area contributed by atoms with Crippen molar-refractivity contribution in [2.24, 2.45) is 0 Å². The molecule has 0 radical (unpaired) electrons. The first kappa shape index (κ1) is 21.6. The lowest BCUT2D eigenvalue weighted by molar-refractivity contribution is -0.123. The van der Waals surface area contributed by atoms with E-state index in [-0.39, 0.29) is 23.7 Å². The molecule has 1 aliphatic heterocycles. The number of carbonyl (C=O) groups is 3. The number of hydrogen-bond acceptors (Lipinski definition) is 6. The Morgan fingerprint density at radius 2 is 1.88 bits per heavy atom. The topological polar surface area (TPSA) is 76.8 Å². The van der Waals surface area contributed by atoms with Crippen LogP contribution in [0.2, 0.25) is 0 Å². The summed E-state index contributed by atoms with van der Waals surface area (Å²) in [6.45, 7) is 4.28.